The molecule has 0 fully saturated rings. The zero-order valence-corrected chi connectivity index (χ0v) is 45.2. The van der Waals surface area contributed by atoms with E-state index >= 15 is 0 Å². The van der Waals surface area contributed by atoms with Crippen molar-refractivity contribution in [2.45, 2.75) is 0 Å². The van der Waals surface area contributed by atoms with Gasteiger partial charge < -0.3 is 235 Å². The summed E-state index contributed by atoms with van der Waals surface area (Å²) in [7, 11) is 0. The van der Waals surface area contributed by atoms with Crippen LogP contribution in [0.1, 0.15) is 0 Å². The summed E-state index contributed by atoms with van der Waals surface area (Å²) in [5.74, 6) is 0. The quantitative estimate of drug-likeness (QED) is 0.169. The molecule has 0 aromatic heterocycles. The minimum atomic E-state index is 0. The third kappa shape index (κ3) is 5990. The predicted octanol–water partition coefficient (Wildman–Crippen LogP) is -0.373. The van der Waals surface area contributed by atoms with Crippen molar-refractivity contribution >= 4 is 0 Å². The topological polar surface area (TPSA) is 1260 Å². The first kappa shape index (κ1) is 6670. The van der Waals surface area contributed by atoms with Gasteiger partial charge in [0.25, 0.3) is 0 Å². The van der Waals surface area contributed by atoms with Gasteiger partial charge in [-0.15, -0.1) is 0 Å². The Bertz CT molecular complexity index is 66.2. The molecule has 52 heteroatoms. The molecule has 0 aliphatic heterocycles. The fourth-order valence-electron chi connectivity index (χ4n) is 0. The molecule has 0 saturated carbocycles. The zero-order chi connectivity index (χ0) is 0. The Hall–Kier alpha value is 5.20. The molecule has 0 bridgehead atoms. The van der Waals surface area contributed by atoms with E-state index in [-0.39, 0.29) is 446 Å². The first-order valence-electron chi connectivity index (χ1n) is 0. The second-order valence-corrected chi connectivity index (χ2v) is 0. The molecule has 0 heterocycles. The Labute approximate surface area is 441 Å². The van der Waals surface area contributed by atoms with Crippen molar-refractivity contribution in [2.75, 3.05) is 0 Å². The largest absolute Gasteiger partial charge is 2.00 e. The number of quaternary nitrogens is 6. The molecule has 0 atom stereocenters. The third-order valence-corrected chi connectivity index (χ3v) is 0. The number of rotatable bonds is 0. The molecule has 0 rings (SSSR count). The van der Waals surface area contributed by atoms with Crippen LogP contribution in [0.3, 0.4) is 0 Å². The van der Waals surface area contributed by atoms with Crippen LogP contribution in [0.4, 0.5) is 0 Å². The van der Waals surface area contributed by atoms with Gasteiger partial charge >= 0.3 is 0 Å². The van der Waals surface area contributed by atoms with Crippen LogP contribution in [-0.2, 0) is 397 Å². The van der Waals surface area contributed by atoms with E-state index in [2.05, 4.69) is 0 Å². The van der Waals surface area contributed by atoms with Crippen LogP contribution in [0.2, 0.25) is 0 Å². The molecule has 0 spiro atoms. The summed E-state index contributed by atoms with van der Waals surface area (Å²) in [5, 5.41) is 0. The average molecular weight is 1640 g/mol. The first-order valence-corrected chi connectivity index (χ1v) is 0. The van der Waals surface area contributed by atoms with Crippen molar-refractivity contribution in [3.8, 4) is 0 Å². The standard InChI is InChI=1S/10Mo.6H3N.2H2N.34O/h;;;;;;;;;;6*1H3;2*1H2;;;;;;;;;;;;;;;;;;;;;;;;;;;;;;;;;;/q;;;;;;;;;;;;;;;;2*-1;34*-2/p+6. The first-order chi connectivity index (χ1) is 0. The van der Waals surface area contributed by atoms with Crippen LogP contribution in [0.25, 0.3) is 12.3 Å². The van der Waals surface area contributed by atoms with Crippen LogP contribution >= 0.6 is 0 Å². The third-order valence-electron chi connectivity index (χ3n) is 0. The average Bonchev–Trinajstić information content (AvgIpc) is 0. The number of hydrogen-bond acceptors (Lipinski definition) is 0. The Morgan fingerprint density at radius 3 is 0.0769 bits per heavy atom. The minimum Gasteiger partial charge on any atom is -2.00 e. The van der Waals surface area contributed by atoms with Crippen LogP contribution < -0.4 is 36.9 Å². The van der Waals surface area contributed by atoms with Crippen LogP contribution in [0.15, 0.2) is 0 Å². The van der Waals surface area contributed by atoms with Gasteiger partial charge in [-0.2, -0.15) is 0 Å². The molecule has 42 nitrogen and oxygen atoms in total. The van der Waals surface area contributed by atoms with Crippen molar-refractivity contribution in [3.63, 3.8) is 0 Å². The molecule has 0 unspecified atom stereocenters. The summed E-state index contributed by atoms with van der Waals surface area (Å²) < 4.78 is 0. The van der Waals surface area contributed by atoms with Crippen molar-refractivity contribution in [1.82, 2.24) is 36.9 Å². The SMILES string of the molecule is [Mo].[Mo].[Mo].[Mo].[Mo].[Mo].[Mo].[Mo].[Mo].[Mo].[NH2-].[NH2-].[NH4+].[NH4+].[NH4+].[NH4+].[NH4+].[NH4+].[O-2].[O-2].[O-2].[O-2].[O-2].[O-2].[O-2].[O-2].[O-2].[O-2].[O-2].[O-2].[O-2].[O-2].[O-2].[O-2].[O-2].[O-2].[O-2].[O-2].[O-2].[O-2].[O-2].[O-2].[O-2].[O-2].[O-2].[O-2].[O-2].[O-2].[O-2].[O-2].[O-2].[O-2]. The van der Waals surface area contributed by atoms with Gasteiger partial charge in [-0.25, -0.2) is 0 Å². The summed E-state index contributed by atoms with van der Waals surface area (Å²) >= 11 is 0. The van der Waals surface area contributed by atoms with E-state index in [9.17, 15) is 0 Å². The fraction of sp³-hybridized carbons (Fsp3) is 0. The summed E-state index contributed by atoms with van der Waals surface area (Å²) in [6, 6.07) is 0. The number of nitrogens with two attached hydrogens (primary N) is 2. The molecule has 52 heavy (non-hydrogen) atoms. The number of hydrogen-bond donors (Lipinski definition) is 6. The van der Waals surface area contributed by atoms with E-state index < -0.39 is 0 Å². The van der Waals surface area contributed by atoms with Gasteiger partial charge in [-0.3, -0.25) is 0 Å². The van der Waals surface area contributed by atoms with E-state index in [1.54, 1.807) is 0 Å². The van der Waals surface area contributed by atoms with Gasteiger partial charge in [0.2, 0.25) is 0 Å². The second kappa shape index (κ2) is 6330. The molecular weight excluding hydrogens is 1620 g/mol. The van der Waals surface area contributed by atoms with Gasteiger partial charge in [0.05, 0.1) is 0 Å². The Morgan fingerprint density at radius 1 is 0.0769 bits per heavy atom. The van der Waals surface area contributed by atoms with Crippen LogP contribution in [-0.4, -0.2) is 0 Å². The van der Waals surface area contributed by atoms with E-state index in [4.69, 9.17) is 0 Å². The van der Waals surface area contributed by atoms with Gasteiger partial charge in [0, 0.05) is 211 Å². The molecule has 396 valence electrons. The molecular formula is H28Mo10N8O34-64. The van der Waals surface area contributed by atoms with E-state index in [0.717, 1.165) is 0 Å². The summed E-state index contributed by atoms with van der Waals surface area (Å²) in [4.78, 5) is 0. The molecule has 0 saturated heterocycles. The van der Waals surface area contributed by atoms with E-state index in [1.165, 1.54) is 0 Å². The summed E-state index contributed by atoms with van der Waals surface area (Å²) in [6.07, 6.45) is 0. The monoisotopic (exact) mass is 1660 g/mol. The van der Waals surface area contributed by atoms with Crippen LogP contribution in [0, 0.1) is 0 Å². The van der Waals surface area contributed by atoms with Crippen molar-refractivity contribution in [3.05, 3.63) is 12.3 Å². The van der Waals surface area contributed by atoms with Gasteiger partial charge in [-0.05, 0) is 0 Å². The molecule has 0 aromatic rings. The summed E-state index contributed by atoms with van der Waals surface area (Å²) in [6.45, 7) is 0. The smallest absolute Gasteiger partial charge is 0 e. The molecule has 0 aliphatic rings. The maximum absolute atomic E-state index is 0. The zero-order valence-electron chi connectivity index (χ0n) is 25.1. The Balaban J connectivity index is 0. The second-order valence-electron chi connectivity index (χ2n) is 0. The van der Waals surface area contributed by atoms with Crippen molar-refractivity contribution in [1.29, 1.82) is 0 Å². The van der Waals surface area contributed by atoms with Crippen molar-refractivity contribution in [2.24, 2.45) is 0 Å². The maximum Gasteiger partial charge on any atom is 0 e. The Kier molecular flexibility index (Phi) is 812000. The van der Waals surface area contributed by atoms with E-state index in [1.807, 2.05) is 0 Å². The predicted molar refractivity (Wildman–Crippen MR) is 69.8 cm³/mol. The Morgan fingerprint density at radius 2 is 0.0769 bits per heavy atom. The molecule has 0 radical (unpaired) electrons. The molecule has 0 aromatic carbocycles. The molecule has 28 N–H and O–H groups in total. The van der Waals surface area contributed by atoms with E-state index in [0.29, 0.717) is 0 Å². The molecule has 0 amide bonds. The van der Waals surface area contributed by atoms with Gasteiger partial charge in [0.1, 0.15) is 0 Å². The van der Waals surface area contributed by atoms with Crippen molar-refractivity contribution < 1.29 is 397 Å². The normalized spacial score (nSPS) is 0. The van der Waals surface area contributed by atoms with Gasteiger partial charge in [-0.1, -0.05) is 0 Å². The van der Waals surface area contributed by atoms with Crippen LogP contribution in [0.5, 0.6) is 0 Å². The minimum absolute atomic E-state index is 0. The molecule has 0 aliphatic carbocycles. The van der Waals surface area contributed by atoms with Gasteiger partial charge in [0.15, 0.2) is 0 Å². The maximum atomic E-state index is 0. The fourth-order valence-corrected chi connectivity index (χ4v) is 0. The summed E-state index contributed by atoms with van der Waals surface area (Å²) in [5.41, 5.74) is 0.